The first kappa shape index (κ1) is 30.2. The number of phenols is 1. The normalized spacial score (nSPS) is 24.7. The Balaban J connectivity index is 1.69. The van der Waals surface area contributed by atoms with Crippen molar-refractivity contribution >= 4 is 102 Å². The van der Waals surface area contributed by atoms with Gasteiger partial charge in [0.1, 0.15) is 35.9 Å². The molecule has 0 spiro atoms. The average Bonchev–Trinajstić information content (AvgIpc) is 2.79. The highest BCUT2D eigenvalue weighted by molar-refractivity contribution is 14.1. The lowest BCUT2D eigenvalue weighted by Crippen LogP contribution is -2.61. The van der Waals surface area contributed by atoms with Gasteiger partial charge in [-0.2, -0.15) is 0 Å². The average molecular weight is 953 g/mol. The fraction of sp³-hybridized carbons (Fsp3) is 0.333. The van der Waals surface area contributed by atoms with E-state index >= 15 is 0 Å². The quantitative estimate of drug-likeness (QED) is 0.176. The van der Waals surface area contributed by atoms with Crippen LogP contribution in [0.15, 0.2) is 24.3 Å². The molecule has 1 heterocycles. The summed E-state index contributed by atoms with van der Waals surface area (Å²) in [5, 5.41) is 48.7. The summed E-state index contributed by atoms with van der Waals surface area (Å²) in [4.78, 5) is 23.7. The lowest BCUT2D eigenvalue weighted by molar-refractivity contribution is -0.286. The smallest absolute Gasteiger partial charge is 0.335 e. The van der Waals surface area contributed by atoms with Gasteiger partial charge in [-0.25, -0.2) is 4.79 Å². The van der Waals surface area contributed by atoms with Crippen molar-refractivity contribution in [2.24, 2.45) is 5.73 Å². The van der Waals surface area contributed by atoms with E-state index in [1.165, 1.54) is 0 Å². The van der Waals surface area contributed by atoms with Gasteiger partial charge in [0.25, 0.3) is 0 Å². The molecule has 6 atom stereocenters. The summed E-state index contributed by atoms with van der Waals surface area (Å²) < 4.78 is 18.8. The van der Waals surface area contributed by atoms with Crippen molar-refractivity contribution in [1.82, 2.24) is 0 Å². The van der Waals surface area contributed by atoms with Crippen molar-refractivity contribution in [2.45, 2.75) is 43.2 Å². The Morgan fingerprint density at radius 2 is 1.50 bits per heavy atom. The van der Waals surface area contributed by atoms with Crippen LogP contribution in [0.4, 0.5) is 0 Å². The minimum atomic E-state index is -1.90. The molecule has 0 aliphatic carbocycles. The van der Waals surface area contributed by atoms with Crippen molar-refractivity contribution in [3.05, 3.63) is 44.1 Å². The Morgan fingerprint density at radius 3 is 2.03 bits per heavy atom. The van der Waals surface area contributed by atoms with Crippen LogP contribution in [0, 0.1) is 14.3 Å². The van der Waals surface area contributed by atoms with Crippen molar-refractivity contribution in [2.75, 3.05) is 0 Å². The number of carbonyl (C=O) groups excluding carboxylic acids is 1. The van der Waals surface area contributed by atoms with E-state index in [2.05, 4.69) is 45.2 Å². The van der Waals surface area contributed by atoms with Crippen LogP contribution < -0.4 is 10.5 Å². The SMILES string of the molecule is N[C@@H](Cc1cc(I)c(Oc2cc(I)c(O)c(I)c2)c(I)c1)C(=O)OC1O[C@H](C(=O)O)[C@@H](O)[C@H](O)[C@H]1O. The van der Waals surface area contributed by atoms with Gasteiger partial charge in [0.2, 0.25) is 6.29 Å². The van der Waals surface area contributed by atoms with Crippen molar-refractivity contribution in [3.8, 4) is 17.2 Å². The maximum absolute atomic E-state index is 12.5. The zero-order valence-electron chi connectivity index (χ0n) is 17.8. The number of carboxylic acids is 1. The molecule has 2 aromatic rings. The molecule has 36 heavy (non-hydrogen) atoms. The number of aliphatic hydroxyl groups is 3. The van der Waals surface area contributed by atoms with Crippen molar-refractivity contribution < 1.29 is 49.3 Å². The number of halogens is 4. The van der Waals surface area contributed by atoms with Gasteiger partial charge in [-0.15, -0.1) is 0 Å². The zero-order valence-corrected chi connectivity index (χ0v) is 26.5. The summed E-state index contributed by atoms with van der Waals surface area (Å²) >= 11 is 8.19. The zero-order chi connectivity index (χ0) is 26.9. The predicted molar refractivity (Wildman–Crippen MR) is 158 cm³/mol. The lowest BCUT2D eigenvalue weighted by Gasteiger charge is -2.38. The first-order valence-electron chi connectivity index (χ1n) is 10.0. The monoisotopic (exact) mass is 953 g/mol. The summed E-state index contributed by atoms with van der Waals surface area (Å²) in [7, 11) is 0. The first-order chi connectivity index (χ1) is 16.8. The van der Waals surface area contributed by atoms with Gasteiger partial charge < -0.3 is 45.5 Å². The Bertz CT molecular complexity index is 1120. The van der Waals surface area contributed by atoms with Crippen LogP contribution >= 0.6 is 90.4 Å². The van der Waals surface area contributed by atoms with E-state index in [9.17, 15) is 30.0 Å². The molecule has 1 saturated heterocycles. The van der Waals surface area contributed by atoms with Crippen LogP contribution in [0.1, 0.15) is 5.56 Å². The third-order valence-electron chi connectivity index (χ3n) is 5.07. The van der Waals surface area contributed by atoms with Crippen LogP contribution in [0.5, 0.6) is 17.2 Å². The largest absolute Gasteiger partial charge is 0.506 e. The van der Waals surface area contributed by atoms with E-state index in [1.54, 1.807) is 24.3 Å². The Morgan fingerprint density at radius 1 is 0.944 bits per heavy atom. The molecule has 1 aliphatic heterocycles. The summed E-state index contributed by atoms with van der Waals surface area (Å²) in [5.41, 5.74) is 6.66. The van der Waals surface area contributed by atoms with Crippen LogP contribution in [-0.2, 0) is 25.5 Å². The van der Waals surface area contributed by atoms with E-state index in [0.29, 0.717) is 24.2 Å². The highest BCUT2D eigenvalue weighted by Crippen LogP contribution is 2.37. The number of nitrogens with two attached hydrogens (primary N) is 1. The second kappa shape index (κ2) is 12.7. The number of carboxylic acid groups (broad SMARTS) is 1. The molecule has 0 aromatic heterocycles. The lowest BCUT2D eigenvalue weighted by atomic mass is 9.99. The molecule has 1 unspecified atom stereocenters. The number of esters is 1. The van der Waals surface area contributed by atoms with Gasteiger partial charge in [0.15, 0.2) is 11.9 Å². The molecule has 0 saturated carbocycles. The van der Waals surface area contributed by atoms with Crippen LogP contribution in [-0.4, -0.2) is 74.2 Å². The molecule has 2 aromatic carbocycles. The summed E-state index contributed by atoms with van der Waals surface area (Å²) in [5.74, 6) is -1.28. The highest BCUT2D eigenvalue weighted by Gasteiger charge is 2.48. The standard InChI is InChI=1S/C21H19I4NO10/c22-8-4-7(5-9(23)13(8)27)34-17-10(24)1-6(2-11(17)25)3-12(26)20(33)36-21-16(30)14(28)15(29)18(35-21)19(31)32/h1-2,4-5,12,14-16,18,21,27-30H,3,26H2,(H,31,32)/t12-,14-,15-,16+,18-,21?/m0/s1. The van der Waals surface area contributed by atoms with E-state index in [4.69, 9.17) is 25.1 Å². The summed E-state index contributed by atoms with van der Waals surface area (Å²) in [6.45, 7) is 0. The Hall–Kier alpha value is -0.300. The topological polar surface area (TPSA) is 189 Å². The van der Waals surface area contributed by atoms with Gasteiger partial charge in [-0.3, -0.25) is 4.79 Å². The third kappa shape index (κ3) is 7.01. The van der Waals surface area contributed by atoms with E-state index in [1.807, 2.05) is 45.2 Å². The Labute approximate surface area is 259 Å². The number of phenolic OH excluding ortho intramolecular Hbond substituents is 1. The van der Waals surface area contributed by atoms with Gasteiger partial charge in [-0.1, -0.05) is 0 Å². The molecule has 0 amide bonds. The number of hydrogen-bond acceptors (Lipinski definition) is 10. The summed E-state index contributed by atoms with van der Waals surface area (Å²) in [6, 6.07) is 5.75. The minimum absolute atomic E-state index is 0.0382. The molecule has 15 heteroatoms. The fourth-order valence-electron chi connectivity index (χ4n) is 3.24. The predicted octanol–water partition coefficient (Wildman–Crippen LogP) is 1.91. The Kier molecular flexibility index (Phi) is 10.7. The molecule has 7 N–H and O–H groups in total. The van der Waals surface area contributed by atoms with Gasteiger partial charge in [0, 0.05) is 0 Å². The number of ether oxygens (including phenoxy) is 3. The van der Waals surface area contributed by atoms with Crippen LogP contribution in [0.2, 0.25) is 0 Å². The van der Waals surface area contributed by atoms with Gasteiger partial charge in [-0.05, 0) is 127 Å². The highest BCUT2D eigenvalue weighted by atomic mass is 127. The maximum atomic E-state index is 12.5. The first-order valence-corrected chi connectivity index (χ1v) is 14.3. The number of rotatable bonds is 7. The van der Waals surface area contributed by atoms with E-state index < -0.39 is 48.7 Å². The number of hydrogen-bond donors (Lipinski definition) is 6. The van der Waals surface area contributed by atoms with Gasteiger partial charge in [0.05, 0.1) is 14.3 Å². The van der Waals surface area contributed by atoms with Gasteiger partial charge >= 0.3 is 11.9 Å². The summed E-state index contributed by atoms with van der Waals surface area (Å²) in [6.07, 6.45) is -9.35. The van der Waals surface area contributed by atoms with Crippen molar-refractivity contribution in [1.29, 1.82) is 0 Å². The minimum Gasteiger partial charge on any atom is -0.506 e. The van der Waals surface area contributed by atoms with E-state index in [0.717, 1.165) is 7.14 Å². The molecular weight excluding hydrogens is 934 g/mol. The number of aromatic hydroxyl groups is 1. The van der Waals surface area contributed by atoms with Crippen molar-refractivity contribution in [3.63, 3.8) is 0 Å². The maximum Gasteiger partial charge on any atom is 0.335 e. The van der Waals surface area contributed by atoms with E-state index in [-0.39, 0.29) is 12.2 Å². The van der Waals surface area contributed by atoms with Crippen LogP contribution in [0.25, 0.3) is 0 Å². The number of aliphatic carboxylic acids is 1. The third-order valence-corrected chi connectivity index (χ3v) is 8.32. The number of aliphatic hydroxyl groups excluding tert-OH is 3. The molecular formula is C21H19I4NO10. The van der Waals surface area contributed by atoms with Crippen LogP contribution in [0.3, 0.4) is 0 Å². The molecule has 1 fully saturated rings. The number of carbonyl (C=O) groups is 2. The molecule has 0 bridgehead atoms. The molecule has 196 valence electrons. The second-order valence-electron chi connectivity index (χ2n) is 7.71. The number of benzene rings is 2. The molecule has 3 rings (SSSR count). The fourth-order valence-corrected chi connectivity index (χ4v) is 7.06. The molecule has 1 aliphatic rings. The second-order valence-corrected chi connectivity index (χ2v) is 12.4. The molecule has 11 nitrogen and oxygen atoms in total. The molecule has 0 radical (unpaired) electrons.